The maximum atomic E-state index is 12.6. The van der Waals surface area contributed by atoms with Gasteiger partial charge < -0.3 is 4.74 Å². The highest BCUT2D eigenvalue weighted by Crippen LogP contribution is 2.41. The van der Waals surface area contributed by atoms with Crippen LogP contribution in [0.1, 0.15) is 42.7 Å². The van der Waals surface area contributed by atoms with Gasteiger partial charge in [0, 0.05) is 0 Å². The Morgan fingerprint density at radius 2 is 1.82 bits per heavy atom. The number of benzene rings is 1. The lowest BCUT2D eigenvalue weighted by molar-refractivity contribution is -0.137. The van der Waals surface area contributed by atoms with Crippen LogP contribution in [0, 0.1) is 0 Å². The highest BCUT2D eigenvalue weighted by Gasteiger charge is 2.32. The Balaban J connectivity index is 2.34. The molecule has 1 aliphatic carbocycles. The minimum Gasteiger partial charge on any atom is -0.496 e. The van der Waals surface area contributed by atoms with Gasteiger partial charge in [-0.2, -0.15) is 13.2 Å². The van der Waals surface area contributed by atoms with E-state index >= 15 is 0 Å². The highest BCUT2D eigenvalue weighted by molar-refractivity contribution is 5.41. The summed E-state index contributed by atoms with van der Waals surface area (Å²) in [5, 5.41) is 0. The molecule has 0 bridgehead atoms. The summed E-state index contributed by atoms with van der Waals surface area (Å²) in [6, 6.07) is 3.82. The van der Waals surface area contributed by atoms with Crippen molar-refractivity contribution >= 4 is 0 Å². The number of hydrogen-bond acceptors (Lipinski definition) is 1. The van der Waals surface area contributed by atoms with E-state index in [-0.39, 0.29) is 0 Å². The quantitative estimate of drug-likeness (QED) is 0.750. The summed E-state index contributed by atoms with van der Waals surface area (Å²) in [4.78, 5) is 0. The summed E-state index contributed by atoms with van der Waals surface area (Å²) < 4.78 is 42.8. The number of halogens is 3. The lowest BCUT2D eigenvalue weighted by Gasteiger charge is -2.16. The Morgan fingerprint density at radius 3 is 2.35 bits per heavy atom. The van der Waals surface area contributed by atoms with Gasteiger partial charge in [0.25, 0.3) is 0 Å². The molecular weight excluding hydrogens is 229 g/mol. The second-order valence-electron chi connectivity index (χ2n) is 4.44. The van der Waals surface area contributed by atoms with Crippen molar-refractivity contribution < 1.29 is 17.9 Å². The average Bonchev–Trinajstić information content (AvgIpc) is 2.80. The van der Waals surface area contributed by atoms with Crippen LogP contribution in [0.15, 0.2) is 18.2 Å². The van der Waals surface area contributed by atoms with Gasteiger partial charge >= 0.3 is 6.18 Å². The first-order valence-corrected chi connectivity index (χ1v) is 5.77. The van der Waals surface area contributed by atoms with E-state index in [1.54, 1.807) is 6.07 Å². The first kappa shape index (κ1) is 12.3. The molecule has 1 aromatic rings. The van der Waals surface area contributed by atoms with E-state index in [1.165, 1.54) is 7.11 Å². The van der Waals surface area contributed by atoms with Crippen molar-refractivity contribution in [3.8, 4) is 5.75 Å². The van der Waals surface area contributed by atoms with E-state index < -0.39 is 11.7 Å². The summed E-state index contributed by atoms with van der Waals surface area (Å²) in [5.74, 6) is 0.721. The fourth-order valence-electron chi connectivity index (χ4n) is 2.46. The minimum absolute atomic E-state index is 0.354. The molecule has 0 unspecified atom stereocenters. The van der Waals surface area contributed by atoms with Crippen LogP contribution in [0.5, 0.6) is 5.75 Å². The SMILES string of the molecule is COc1cc(C(F)(F)F)ccc1C1CCCC1. The van der Waals surface area contributed by atoms with Crippen molar-refractivity contribution in [1.82, 2.24) is 0 Å². The summed E-state index contributed by atoms with van der Waals surface area (Å²) in [6.45, 7) is 0. The van der Waals surface area contributed by atoms with Gasteiger partial charge in [0.15, 0.2) is 0 Å². The van der Waals surface area contributed by atoms with Crippen molar-refractivity contribution in [3.05, 3.63) is 29.3 Å². The van der Waals surface area contributed by atoms with Crippen molar-refractivity contribution in [1.29, 1.82) is 0 Å². The molecule has 0 spiro atoms. The van der Waals surface area contributed by atoms with Crippen LogP contribution in [-0.4, -0.2) is 7.11 Å². The van der Waals surface area contributed by atoms with Gasteiger partial charge in [-0.25, -0.2) is 0 Å². The second kappa shape index (κ2) is 4.59. The summed E-state index contributed by atoms with van der Waals surface area (Å²) >= 11 is 0. The first-order chi connectivity index (χ1) is 8.02. The van der Waals surface area contributed by atoms with Gasteiger partial charge in [0.1, 0.15) is 5.75 Å². The number of methoxy groups -OCH3 is 1. The zero-order chi connectivity index (χ0) is 12.5. The van der Waals surface area contributed by atoms with Crippen LogP contribution in [0.25, 0.3) is 0 Å². The molecule has 17 heavy (non-hydrogen) atoms. The van der Waals surface area contributed by atoms with Crippen LogP contribution < -0.4 is 4.74 Å². The molecule has 1 saturated carbocycles. The lowest BCUT2D eigenvalue weighted by Crippen LogP contribution is -2.06. The molecule has 0 saturated heterocycles. The van der Waals surface area contributed by atoms with Crippen LogP contribution in [0.4, 0.5) is 13.2 Å². The van der Waals surface area contributed by atoms with Crippen LogP contribution in [-0.2, 0) is 6.18 Å². The monoisotopic (exact) mass is 244 g/mol. The molecule has 1 aromatic carbocycles. The molecule has 0 aromatic heterocycles. The molecule has 0 radical (unpaired) electrons. The standard InChI is InChI=1S/C13H15F3O/c1-17-12-8-10(13(14,15)16)6-7-11(12)9-4-2-3-5-9/h6-9H,2-5H2,1H3. The second-order valence-corrected chi connectivity index (χ2v) is 4.44. The third-order valence-electron chi connectivity index (χ3n) is 3.36. The third-order valence-corrected chi connectivity index (χ3v) is 3.36. The van der Waals surface area contributed by atoms with E-state index in [0.717, 1.165) is 43.4 Å². The third kappa shape index (κ3) is 2.56. The summed E-state index contributed by atoms with van der Waals surface area (Å²) in [7, 11) is 1.42. The molecule has 0 heterocycles. The van der Waals surface area contributed by atoms with E-state index in [9.17, 15) is 13.2 Å². The van der Waals surface area contributed by atoms with Crippen molar-refractivity contribution in [3.63, 3.8) is 0 Å². The smallest absolute Gasteiger partial charge is 0.416 e. The Kier molecular flexibility index (Phi) is 3.31. The number of hydrogen-bond donors (Lipinski definition) is 0. The molecule has 1 nitrogen and oxygen atoms in total. The fraction of sp³-hybridized carbons (Fsp3) is 0.538. The molecular formula is C13H15F3O. The van der Waals surface area contributed by atoms with E-state index in [1.807, 2.05) is 0 Å². The molecule has 0 atom stereocenters. The minimum atomic E-state index is -4.30. The van der Waals surface area contributed by atoms with Gasteiger partial charge in [0.05, 0.1) is 12.7 Å². The van der Waals surface area contributed by atoms with E-state index in [2.05, 4.69) is 0 Å². The van der Waals surface area contributed by atoms with Crippen molar-refractivity contribution in [2.45, 2.75) is 37.8 Å². The van der Waals surface area contributed by atoms with Crippen molar-refractivity contribution in [2.24, 2.45) is 0 Å². The topological polar surface area (TPSA) is 9.23 Å². The number of rotatable bonds is 2. The molecule has 1 fully saturated rings. The Morgan fingerprint density at radius 1 is 1.18 bits per heavy atom. The molecule has 1 aliphatic rings. The first-order valence-electron chi connectivity index (χ1n) is 5.77. The van der Waals surface area contributed by atoms with Crippen LogP contribution >= 0.6 is 0 Å². The molecule has 0 aliphatic heterocycles. The highest BCUT2D eigenvalue weighted by atomic mass is 19.4. The largest absolute Gasteiger partial charge is 0.496 e. The maximum absolute atomic E-state index is 12.6. The zero-order valence-electron chi connectivity index (χ0n) is 9.68. The number of ether oxygens (including phenoxy) is 1. The van der Waals surface area contributed by atoms with Gasteiger partial charge in [0.2, 0.25) is 0 Å². The predicted octanol–water partition coefficient (Wildman–Crippen LogP) is 4.37. The lowest BCUT2D eigenvalue weighted by atomic mass is 9.95. The Labute approximate surface area is 98.6 Å². The Hall–Kier alpha value is -1.19. The van der Waals surface area contributed by atoms with E-state index in [0.29, 0.717) is 11.7 Å². The normalized spacial score (nSPS) is 17.4. The van der Waals surface area contributed by atoms with Gasteiger partial charge in [-0.15, -0.1) is 0 Å². The zero-order valence-corrected chi connectivity index (χ0v) is 9.68. The predicted molar refractivity (Wildman–Crippen MR) is 59.2 cm³/mol. The number of alkyl halides is 3. The summed E-state index contributed by atoms with van der Waals surface area (Å²) in [5.41, 5.74) is 0.272. The maximum Gasteiger partial charge on any atom is 0.416 e. The average molecular weight is 244 g/mol. The molecule has 0 N–H and O–H groups in total. The van der Waals surface area contributed by atoms with Gasteiger partial charge in [-0.1, -0.05) is 18.9 Å². The molecule has 2 rings (SSSR count). The summed E-state index contributed by atoms with van der Waals surface area (Å²) in [6.07, 6.45) is 0.0780. The van der Waals surface area contributed by atoms with Crippen LogP contribution in [0.3, 0.4) is 0 Å². The van der Waals surface area contributed by atoms with Crippen LogP contribution in [0.2, 0.25) is 0 Å². The molecule has 0 amide bonds. The molecule has 4 heteroatoms. The van der Waals surface area contributed by atoms with Gasteiger partial charge in [-0.05, 0) is 36.5 Å². The Bertz CT molecular complexity index is 392. The fourth-order valence-corrected chi connectivity index (χ4v) is 2.46. The molecule has 94 valence electrons. The van der Waals surface area contributed by atoms with E-state index in [4.69, 9.17) is 4.74 Å². The van der Waals surface area contributed by atoms with Crippen molar-refractivity contribution in [2.75, 3.05) is 7.11 Å². The van der Waals surface area contributed by atoms with Gasteiger partial charge in [-0.3, -0.25) is 0 Å².